The molecule has 0 heterocycles. The Bertz CT molecular complexity index is 955. The number of benzene rings is 1. The van der Waals surface area contributed by atoms with Crippen LogP contribution in [0.1, 0.15) is 73.8 Å². The first kappa shape index (κ1) is 31.9. The summed E-state index contributed by atoms with van der Waals surface area (Å²) in [6, 6.07) is 3.61. The van der Waals surface area contributed by atoms with Crippen LogP contribution in [-0.4, -0.2) is 49.4 Å². The molecular weight excluding hydrogens is 482 g/mol. The van der Waals surface area contributed by atoms with Crippen molar-refractivity contribution in [3.63, 3.8) is 0 Å². The van der Waals surface area contributed by atoms with Crippen LogP contribution in [0.5, 0.6) is 11.5 Å². The number of carbonyl (C=O) groups excluding carboxylic acids is 4. The number of esters is 3. The van der Waals surface area contributed by atoms with Gasteiger partial charge in [0.05, 0.1) is 17.4 Å². The lowest BCUT2D eigenvalue weighted by molar-refractivity contribution is -0.152. The van der Waals surface area contributed by atoms with Gasteiger partial charge in [-0.15, -0.1) is 0 Å². The molecule has 0 aliphatic heterocycles. The summed E-state index contributed by atoms with van der Waals surface area (Å²) in [7, 11) is 0. The second kappa shape index (κ2) is 14.0. The van der Waals surface area contributed by atoms with Gasteiger partial charge >= 0.3 is 24.1 Å². The van der Waals surface area contributed by atoms with E-state index < -0.39 is 47.0 Å². The Morgan fingerprint density at radius 2 is 1.41 bits per heavy atom. The van der Waals surface area contributed by atoms with E-state index in [4.69, 9.17) is 24.7 Å². The monoisotopic (exact) mass is 523 g/mol. The zero-order valence-corrected chi connectivity index (χ0v) is 23.2. The summed E-state index contributed by atoms with van der Waals surface area (Å²) in [4.78, 5) is 49.2. The second-order valence-electron chi connectivity index (χ2n) is 10.1. The van der Waals surface area contributed by atoms with Crippen molar-refractivity contribution in [1.29, 1.82) is 0 Å². The Hall–Kier alpha value is -3.14. The minimum Gasteiger partial charge on any atom is -0.458 e. The van der Waals surface area contributed by atoms with Gasteiger partial charge < -0.3 is 29.4 Å². The molecule has 10 nitrogen and oxygen atoms in total. The molecule has 2 atom stereocenters. The summed E-state index contributed by atoms with van der Waals surface area (Å²) in [6.07, 6.45) is -0.438. The zero-order valence-electron chi connectivity index (χ0n) is 23.2. The lowest BCUT2D eigenvalue weighted by Crippen LogP contribution is -2.37. The summed E-state index contributed by atoms with van der Waals surface area (Å²) in [5.74, 6) is -1.50. The van der Waals surface area contributed by atoms with Gasteiger partial charge in [-0.05, 0) is 78.5 Å². The predicted molar refractivity (Wildman–Crippen MR) is 136 cm³/mol. The first-order valence-corrected chi connectivity index (χ1v) is 12.5. The normalized spacial score (nSPS) is 13.2. The van der Waals surface area contributed by atoms with Crippen molar-refractivity contribution in [2.45, 2.75) is 86.8 Å². The molecule has 0 radical (unpaired) electrons. The van der Waals surface area contributed by atoms with Crippen molar-refractivity contribution >= 4 is 24.1 Å². The van der Waals surface area contributed by atoms with Crippen LogP contribution >= 0.6 is 0 Å². The molecule has 1 rings (SSSR count). The van der Waals surface area contributed by atoms with E-state index in [-0.39, 0.29) is 31.1 Å². The molecule has 1 aromatic carbocycles. The van der Waals surface area contributed by atoms with Crippen molar-refractivity contribution in [2.75, 3.05) is 13.2 Å². The van der Waals surface area contributed by atoms with E-state index in [1.165, 1.54) is 12.1 Å². The highest BCUT2D eigenvalue weighted by Crippen LogP contribution is 2.34. The molecule has 0 unspecified atom stereocenters. The third-order valence-electron chi connectivity index (χ3n) is 6.06. The highest BCUT2D eigenvalue weighted by molar-refractivity contribution is 5.81. The number of rotatable bonds is 13. The second-order valence-corrected chi connectivity index (χ2v) is 10.1. The molecule has 0 bridgehead atoms. The molecule has 10 heteroatoms. The maximum absolute atomic E-state index is 12.8. The molecule has 0 saturated heterocycles. The van der Waals surface area contributed by atoms with Gasteiger partial charge in [-0.2, -0.15) is 0 Å². The van der Waals surface area contributed by atoms with Crippen molar-refractivity contribution in [3.05, 3.63) is 23.8 Å². The minimum absolute atomic E-state index is 0.0562. The SMILES string of the molecule is CCOC(=O)OC[C@H](C)OC(=O)[C@@H](N)Cc1ccc(OC(=O)C(C)(C)CC)c(OC(=O)C(C)(C)CC)c1. The molecule has 0 aromatic heterocycles. The number of hydrogen-bond acceptors (Lipinski definition) is 10. The van der Waals surface area contributed by atoms with Crippen LogP contribution in [0.15, 0.2) is 18.2 Å². The van der Waals surface area contributed by atoms with Crippen LogP contribution in [0, 0.1) is 10.8 Å². The van der Waals surface area contributed by atoms with Crippen molar-refractivity contribution in [2.24, 2.45) is 16.6 Å². The van der Waals surface area contributed by atoms with E-state index in [0.717, 1.165) is 0 Å². The predicted octanol–water partition coefficient (Wildman–Crippen LogP) is 4.34. The largest absolute Gasteiger partial charge is 0.508 e. The van der Waals surface area contributed by atoms with Crippen molar-refractivity contribution in [3.8, 4) is 11.5 Å². The molecule has 2 N–H and O–H groups in total. The van der Waals surface area contributed by atoms with Gasteiger partial charge in [0, 0.05) is 0 Å². The van der Waals surface area contributed by atoms with Crippen LogP contribution in [0.25, 0.3) is 0 Å². The molecule has 0 amide bonds. The van der Waals surface area contributed by atoms with Crippen LogP contribution in [0.2, 0.25) is 0 Å². The number of carbonyl (C=O) groups is 4. The topological polar surface area (TPSA) is 140 Å². The zero-order chi connectivity index (χ0) is 28.4. The summed E-state index contributed by atoms with van der Waals surface area (Å²) in [6.45, 7) is 14.0. The highest BCUT2D eigenvalue weighted by atomic mass is 16.7. The van der Waals surface area contributed by atoms with Crippen molar-refractivity contribution < 1.29 is 42.9 Å². The van der Waals surface area contributed by atoms with E-state index in [0.29, 0.717) is 18.4 Å². The van der Waals surface area contributed by atoms with Gasteiger partial charge in [-0.3, -0.25) is 14.4 Å². The smallest absolute Gasteiger partial charge is 0.458 e. The lowest BCUT2D eigenvalue weighted by Gasteiger charge is -2.23. The minimum atomic E-state index is -1.05. The molecule has 0 aliphatic carbocycles. The van der Waals surface area contributed by atoms with Gasteiger partial charge in [-0.25, -0.2) is 4.79 Å². The Kier molecular flexibility index (Phi) is 12.0. The van der Waals surface area contributed by atoms with Gasteiger partial charge in [0.2, 0.25) is 0 Å². The van der Waals surface area contributed by atoms with E-state index in [1.807, 2.05) is 13.8 Å². The Morgan fingerprint density at radius 1 is 0.865 bits per heavy atom. The molecular formula is C27H41NO9. The van der Waals surface area contributed by atoms with Crippen LogP contribution < -0.4 is 15.2 Å². The molecule has 0 saturated carbocycles. The Morgan fingerprint density at radius 3 is 1.92 bits per heavy atom. The highest BCUT2D eigenvalue weighted by Gasteiger charge is 2.31. The third kappa shape index (κ3) is 10.0. The average molecular weight is 524 g/mol. The lowest BCUT2D eigenvalue weighted by atomic mass is 9.90. The fourth-order valence-electron chi connectivity index (χ4n) is 2.61. The average Bonchev–Trinajstić information content (AvgIpc) is 2.84. The summed E-state index contributed by atoms with van der Waals surface area (Å²) >= 11 is 0. The van der Waals surface area contributed by atoms with E-state index in [2.05, 4.69) is 4.74 Å². The van der Waals surface area contributed by atoms with Gasteiger partial charge in [-0.1, -0.05) is 19.9 Å². The van der Waals surface area contributed by atoms with Crippen LogP contribution in [-0.2, 0) is 35.0 Å². The van der Waals surface area contributed by atoms with E-state index >= 15 is 0 Å². The fraction of sp³-hybridized carbons (Fsp3) is 0.630. The molecule has 208 valence electrons. The van der Waals surface area contributed by atoms with Gasteiger partial charge in [0.25, 0.3) is 0 Å². The summed E-state index contributed by atoms with van der Waals surface area (Å²) < 4.78 is 26.0. The van der Waals surface area contributed by atoms with E-state index in [1.54, 1.807) is 47.6 Å². The maximum Gasteiger partial charge on any atom is 0.508 e. The molecule has 37 heavy (non-hydrogen) atoms. The Labute approximate surface area is 219 Å². The van der Waals surface area contributed by atoms with Crippen molar-refractivity contribution in [1.82, 2.24) is 0 Å². The first-order chi connectivity index (χ1) is 17.2. The molecule has 0 fully saturated rings. The standard InChI is InChI=1S/C27H41NO9/c1-9-26(5,6)23(30)36-20-13-12-18(15-21(20)37-24(31)27(7,8)10-2)14-19(28)22(29)35-17(4)16-34-25(32)33-11-3/h12-13,15,17,19H,9-11,14,16,28H2,1-8H3/t17-,19-/m0/s1. The molecule has 0 spiro atoms. The third-order valence-corrected chi connectivity index (χ3v) is 6.06. The van der Waals surface area contributed by atoms with Crippen LogP contribution in [0.4, 0.5) is 4.79 Å². The maximum atomic E-state index is 12.8. The first-order valence-electron chi connectivity index (χ1n) is 12.5. The molecule has 1 aromatic rings. The quantitative estimate of drug-likeness (QED) is 0.293. The van der Waals surface area contributed by atoms with Gasteiger partial charge in [0.15, 0.2) is 11.5 Å². The van der Waals surface area contributed by atoms with Gasteiger partial charge in [0.1, 0.15) is 18.8 Å². The summed E-state index contributed by atoms with van der Waals surface area (Å²) in [5, 5.41) is 0. The fourth-order valence-corrected chi connectivity index (χ4v) is 2.61. The number of hydrogen-bond donors (Lipinski definition) is 1. The van der Waals surface area contributed by atoms with Crippen LogP contribution in [0.3, 0.4) is 0 Å². The summed E-state index contributed by atoms with van der Waals surface area (Å²) in [5.41, 5.74) is 5.10. The Balaban J connectivity index is 3.03. The number of nitrogens with two attached hydrogens (primary N) is 1. The number of ether oxygens (including phenoxy) is 5. The molecule has 0 aliphatic rings. The van der Waals surface area contributed by atoms with E-state index in [9.17, 15) is 19.2 Å².